The highest BCUT2D eigenvalue weighted by molar-refractivity contribution is 7.10. The van der Waals surface area contributed by atoms with Gasteiger partial charge in [-0.25, -0.2) is 0 Å². The van der Waals surface area contributed by atoms with Gasteiger partial charge in [0.05, 0.1) is 19.9 Å². The number of thiophene rings is 1. The van der Waals surface area contributed by atoms with Gasteiger partial charge in [-0.15, -0.1) is 11.3 Å². The number of aliphatic hydroxyl groups excluding tert-OH is 1. The van der Waals surface area contributed by atoms with Gasteiger partial charge in [-0.1, -0.05) is 40.9 Å². The Morgan fingerprint density at radius 1 is 1.00 bits per heavy atom. The molecule has 2 aromatic rings. The Bertz CT molecular complexity index is 510. The lowest BCUT2D eigenvalue weighted by atomic mass is 10.1. The van der Waals surface area contributed by atoms with Gasteiger partial charge in [-0.2, -0.15) is 0 Å². The maximum Gasteiger partial charge on any atom is 0.115 e. The van der Waals surface area contributed by atoms with E-state index >= 15 is 0 Å². The van der Waals surface area contributed by atoms with Crippen LogP contribution in [0.25, 0.3) is 0 Å². The predicted octanol–water partition coefficient (Wildman–Crippen LogP) is 4.79. The summed E-state index contributed by atoms with van der Waals surface area (Å²) in [6, 6.07) is 6.78. The van der Waals surface area contributed by atoms with Crippen molar-refractivity contribution in [1.29, 1.82) is 0 Å². The maximum atomic E-state index is 10.1. The molecule has 16 heavy (non-hydrogen) atoms. The summed E-state index contributed by atoms with van der Waals surface area (Å²) in [5, 5.41) is 13.4. The van der Waals surface area contributed by atoms with Crippen molar-refractivity contribution in [3.8, 4) is 0 Å². The zero-order valence-electron chi connectivity index (χ0n) is 7.95. The van der Waals surface area contributed by atoms with Crippen LogP contribution in [0.1, 0.15) is 16.5 Å². The van der Waals surface area contributed by atoms with E-state index < -0.39 is 6.10 Å². The third kappa shape index (κ3) is 2.36. The zero-order valence-corrected chi connectivity index (χ0v) is 11.0. The van der Waals surface area contributed by atoms with E-state index in [0.29, 0.717) is 25.5 Å². The fourth-order valence-electron chi connectivity index (χ4n) is 1.33. The van der Waals surface area contributed by atoms with Gasteiger partial charge >= 0.3 is 0 Å². The molecule has 0 spiro atoms. The van der Waals surface area contributed by atoms with Crippen molar-refractivity contribution >= 4 is 46.1 Å². The van der Waals surface area contributed by atoms with Crippen molar-refractivity contribution in [2.45, 2.75) is 6.10 Å². The molecule has 0 aliphatic rings. The van der Waals surface area contributed by atoms with Crippen molar-refractivity contribution < 1.29 is 5.11 Å². The molecule has 2 rings (SSSR count). The van der Waals surface area contributed by atoms with Crippen LogP contribution >= 0.6 is 46.1 Å². The first kappa shape index (κ1) is 12.2. The second-order valence-corrected chi connectivity index (χ2v) is 5.38. The summed E-state index contributed by atoms with van der Waals surface area (Å²) < 4.78 is 0. The molecule has 1 aromatic heterocycles. The Morgan fingerprint density at radius 2 is 1.75 bits per heavy atom. The molecule has 0 saturated heterocycles. The van der Waals surface area contributed by atoms with Crippen molar-refractivity contribution in [2.75, 3.05) is 0 Å². The molecule has 0 bridgehead atoms. The molecular formula is C11H7Cl3OS. The number of rotatable bonds is 2. The van der Waals surface area contributed by atoms with Crippen molar-refractivity contribution in [1.82, 2.24) is 0 Å². The zero-order chi connectivity index (χ0) is 11.7. The molecule has 0 aliphatic heterocycles. The fourth-order valence-corrected chi connectivity index (χ4v) is 2.81. The van der Waals surface area contributed by atoms with E-state index in [9.17, 15) is 5.11 Å². The monoisotopic (exact) mass is 292 g/mol. The third-order valence-corrected chi connectivity index (χ3v) is 4.30. The van der Waals surface area contributed by atoms with Gasteiger partial charge in [-0.3, -0.25) is 0 Å². The lowest BCUT2D eigenvalue weighted by Crippen LogP contribution is -1.97. The van der Waals surface area contributed by atoms with Gasteiger partial charge in [0.1, 0.15) is 6.10 Å². The summed E-state index contributed by atoms with van der Waals surface area (Å²) in [6.45, 7) is 0. The minimum Gasteiger partial charge on any atom is -0.383 e. The standard InChI is InChI=1S/C11H7Cl3OS/c12-7-2-1-6(5-9(7)14)10(15)11-8(13)3-4-16-11/h1-5,10,15H. The molecule has 0 saturated carbocycles. The van der Waals surface area contributed by atoms with Crippen LogP contribution in [0.2, 0.25) is 15.1 Å². The average Bonchev–Trinajstić information content (AvgIpc) is 2.67. The Kier molecular flexibility index (Phi) is 3.77. The van der Waals surface area contributed by atoms with E-state index in [-0.39, 0.29) is 0 Å². The Morgan fingerprint density at radius 3 is 2.31 bits per heavy atom. The van der Waals surface area contributed by atoms with E-state index in [1.165, 1.54) is 11.3 Å². The van der Waals surface area contributed by atoms with Crippen LogP contribution < -0.4 is 0 Å². The molecule has 1 N–H and O–H groups in total. The molecule has 1 aromatic carbocycles. The van der Waals surface area contributed by atoms with Crippen LogP contribution in [0.5, 0.6) is 0 Å². The van der Waals surface area contributed by atoms with Gasteiger partial charge < -0.3 is 5.11 Å². The first-order valence-corrected chi connectivity index (χ1v) is 6.47. The van der Waals surface area contributed by atoms with E-state index in [1.54, 1.807) is 24.3 Å². The summed E-state index contributed by atoms with van der Waals surface area (Å²) in [7, 11) is 0. The summed E-state index contributed by atoms with van der Waals surface area (Å²) in [5.41, 5.74) is 0.679. The average molecular weight is 294 g/mol. The minimum atomic E-state index is -0.762. The largest absolute Gasteiger partial charge is 0.383 e. The lowest BCUT2D eigenvalue weighted by molar-refractivity contribution is 0.224. The molecule has 5 heteroatoms. The van der Waals surface area contributed by atoms with Crippen LogP contribution in [-0.4, -0.2) is 5.11 Å². The maximum absolute atomic E-state index is 10.1. The van der Waals surface area contributed by atoms with Gasteiger partial charge in [0, 0.05) is 0 Å². The molecule has 0 fully saturated rings. The van der Waals surface area contributed by atoms with Crippen LogP contribution in [0, 0.1) is 0 Å². The first-order chi connectivity index (χ1) is 7.59. The molecule has 1 atom stereocenters. The summed E-state index contributed by atoms with van der Waals surface area (Å²) in [6.07, 6.45) is -0.762. The lowest BCUT2D eigenvalue weighted by Gasteiger charge is -2.10. The van der Waals surface area contributed by atoms with E-state index in [4.69, 9.17) is 34.8 Å². The Hall–Kier alpha value is -0.250. The Balaban J connectivity index is 2.38. The normalized spacial score (nSPS) is 12.8. The molecular weight excluding hydrogens is 287 g/mol. The molecule has 0 radical (unpaired) electrons. The Labute approximate surface area is 112 Å². The third-order valence-electron chi connectivity index (χ3n) is 2.15. The second-order valence-electron chi connectivity index (χ2n) is 3.21. The number of aliphatic hydroxyl groups is 1. The quantitative estimate of drug-likeness (QED) is 0.844. The summed E-state index contributed by atoms with van der Waals surface area (Å²) >= 11 is 19.0. The fraction of sp³-hybridized carbons (Fsp3) is 0.0909. The van der Waals surface area contributed by atoms with E-state index in [1.807, 2.05) is 5.38 Å². The predicted molar refractivity (Wildman–Crippen MR) is 69.9 cm³/mol. The van der Waals surface area contributed by atoms with Crippen molar-refractivity contribution in [3.05, 3.63) is 55.2 Å². The highest BCUT2D eigenvalue weighted by Crippen LogP contribution is 2.34. The smallest absolute Gasteiger partial charge is 0.115 e. The topological polar surface area (TPSA) is 20.2 Å². The minimum absolute atomic E-state index is 0.422. The number of benzene rings is 1. The SMILES string of the molecule is OC(c1ccc(Cl)c(Cl)c1)c1sccc1Cl. The number of halogens is 3. The van der Waals surface area contributed by atoms with Crippen LogP contribution in [0.4, 0.5) is 0 Å². The number of hydrogen-bond donors (Lipinski definition) is 1. The van der Waals surface area contributed by atoms with E-state index in [0.717, 1.165) is 0 Å². The van der Waals surface area contributed by atoms with Crippen molar-refractivity contribution in [2.24, 2.45) is 0 Å². The molecule has 0 aliphatic carbocycles. The van der Waals surface area contributed by atoms with Gasteiger partial charge in [0.15, 0.2) is 0 Å². The van der Waals surface area contributed by atoms with E-state index in [2.05, 4.69) is 0 Å². The first-order valence-electron chi connectivity index (χ1n) is 4.45. The summed E-state index contributed by atoms with van der Waals surface area (Å²) in [4.78, 5) is 0.708. The van der Waals surface area contributed by atoms with Gasteiger partial charge in [0.2, 0.25) is 0 Å². The van der Waals surface area contributed by atoms with Crippen molar-refractivity contribution in [3.63, 3.8) is 0 Å². The second kappa shape index (κ2) is 4.94. The highest BCUT2D eigenvalue weighted by Gasteiger charge is 2.16. The number of hydrogen-bond acceptors (Lipinski definition) is 2. The molecule has 84 valence electrons. The van der Waals surface area contributed by atoms with Crippen LogP contribution in [0.15, 0.2) is 29.6 Å². The molecule has 1 heterocycles. The van der Waals surface area contributed by atoms with Crippen LogP contribution in [0.3, 0.4) is 0 Å². The highest BCUT2D eigenvalue weighted by atomic mass is 35.5. The summed E-state index contributed by atoms with van der Waals surface area (Å²) in [5.74, 6) is 0. The molecule has 1 nitrogen and oxygen atoms in total. The van der Waals surface area contributed by atoms with Gasteiger partial charge in [0.25, 0.3) is 0 Å². The van der Waals surface area contributed by atoms with Gasteiger partial charge in [-0.05, 0) is 29.1 Å². The van der Waals surface area contributed by atoms with Crippen LogP contribution in [-0.2, 0) is 0 Å². The molecule has 1 unspecified atom stereocenters. The molecule has 0 amide bonds.